The zero-order valence-electron chi connectivity index (χ0n) is 21.1. The van der Waals surface area contributed by atoms with Gasteiger partial charge in [-0.3, -0.25) is 4.79 Å². The highest BCUT2D eigenvalue weighted by Crippen LogP contribution is 2.36. The molecule has 0 bridgehead atoms. The van der Waals surface area contributed by atoms with Crippen LogP contribution in [0.15, 0.2) is 82.4 Å². The number of amides is 1. The third-order valence-corrected chi connectivity index (χ3v) is 7.68. The smallest absolute Gasteiger partial charge is 0.251 e. The predicted octanol–water partition coefficient (Wildman–Crippen LogP) is 7.92. The fourth-order valence-electron chi connectivity index (χ4n) is 4.05. The van der Waals surface area contributed by atoms with Gasteiger partial charge in [0.25, 0.3) is 5.91 Å². The zero-order chi connectivity index (χ0) is 25.5. The van der Waals surface area contributed by atoms with E-state index in [1.807, 2.05) is 24.3 Å². The van der Waals surface area contributed by atoms with Crippen LogP contribution in [0, 0.1) is 13.8 Å². The number of imidazole rings is 1. The van der Waals surface area contributed by atoms with Crippen LogP contribution in [0.3, 0.4) is 0 Å². The van der Waals surface area contributed by atoms with Crippen LogP contribution in [0.2, 0.25) is 0 Å². The normalized spacial score (nSPS) is 11.0. The van der Waals surface area contributed by atoms with Gasteiger partial charge in [0, 0.05) is 40.0 Å². The number of unbranched alkanes of at least 4 members (excludes halogenated alkanes) is 1. The highest BCUT2D eigenvalue weighted by Gasteiger charge is 2.19. The van der Waals surface area contributed by atoms with Gasteiger partial charge >= 0.3 is 0 Å². The lowest BCUT2D eigenvalue weighted by atomic mass is 10.0. The Kier molecular flexibility index (Phi) is 9.05. The second-order valence-electron chi connectivity index (χ2n) is 8.89. The molecule has 4 rings (SSSR count). The Balaban J connectivity index is 1.43. The number of benzene rings is 3. The predicted molar refractivity (Wildman–Crippen MR) is 155 cm³/mol. The third kappa shape index (κ3) is 6.48. The van der Waals surface area contributed by atoms with Crippen molar-refractivity contribution in [1.29, 1.82) is 0 Å². The Morgan fingerprint density at radius 1 is 0.889 bits per heavy atom. The molecule has 0 fully saturated rings. The summed E-state index contributed by atoms with van der Waals surface area (Å²) in [6.45, 7) is 7.93. The van der Waals surface area contributed by atoms with Crippen molar-refractivity contribution in [2.24, 2.45) is 0 Å². The summed E-state index contributed by atoms with van der Waals surface area (Å²) in [7, 11) is 0. The third-order valence-electron chi connectivity index (χ3n) is 6.09. The largest absolute Gasteiger partial charge is 0.352 e. The van der Waals surface area contributed by atoms with Crippen LogP contribution in [0.1, 0.15) is 41.3 Å². The van der Waals surface area contributed by atoms with Gasteiger partial charge in [-0.05, 0) is 57.9 Å². The first-order chi connectivity index (χ1) is 17.5. The fourth-order valence-corrected chi connectivity index (χ4v) is 5.38. The molecule has 1 N–H and O–H groups in total. The van der Waals surface area contributed by atoms with Crippen molar-refractivity contribution in [2.45, 2.75) is 45.3 Å². The molecule has 1 heterocycles. The van der Waals surface area contributed by atoms with Crippen molar-refractivity contribution in [3.8, 4) is 22.5 Å². The van der Waals surface area contributed by atoms with Crippen LogP contribution in [0.25, 0.3) is 22.5 Å². The standard InChI is InChI=1S/C30H32BrN3OS/c1-4-34-28(24-13-9-22(3)10-14-24)27(23-11-7-21(2)8-12-23)33-30(34)36-20-6-5-19-32-29(35)25-15-17-26(31)18-16-25/h7-18H,4-6,19-20H2,1-3H3,(H,32,35). The lowest BCUT2D eigenvalue weighted by Crippen LogP contribution is -2.24. The Hall–Kier alpha value is -2.83. The summed E-state index contributed by atoms with van der Waals surface area (Å²) in [5.74, 6) is 0.924. The van der Waals surface area contributed by atoms with E-state index in [-0.39, 0.29) is 5.91 Å². The number of halogens is 1. The second kappa shape index (κ2) is 12.4. The van der Waals surface area contributed by atoms with Gasteiger partial charge in [-0.2, -0.15) is 0 Å². The average Bonchev–Trinajstić information content (AvgIpc) is 3.25. The number of rotatable bonds is 10. The summed E-state index contributed by atoms with van der Waals surface area (Å²) < 4.78 is 3.30. The van der Waals surface area contributed by atoms with Gasteiger partial charge in [-0.1, -0.05) is 87.3 Å². The Morgan fingerprint density at radius 3 is 2.11 bits per heavy atom. The number of carbonyl (C=O) groups excluding carboxylic acids is 1. The minimum absolute atomic E-state index is 0.0258. The van der Waals surface area contributed by atoms with Crippen LogP contribution in [-0.4, -0.2) is 27.8 Å². The molecule has 6 heteroatoms. The summed E-state index contributed by atoms with van der Waals surface area (Å²) in [5, 5.41) is 4.06. The van der Waals surface area contributed by atoms with E-state index in [1.165, 1.54) is 22.4 Å². The number of carbonyl (C=O) groups is 1. The van der Waals surface area contributed by atoms with Gasteiger partial charge in [0.2, 0.25) is 0 Å². The lowest BCUT2D eigenvalue weighted by Gasteiger charge is -2.11. The first-order valence-corrected chi connectivity index (χ1v) is 14.1. The van der Waals surface area contributed by atoms with Crippen LogP contribution < -0.4 is 5.32 Å². The molecule has 0 atom stereocenters. The van der Waals surface area contributed by atoms with Gasteiger partial charge < -0.3 is 9.88 Å². The second-order valence-corrected chi connectivity index (χ2v) is 10.9. The first kappa shape index (κ1) is 26.2. The first-order valence-electron chi connectivity index (χ1n) is 12.4. The minimum Gasteiger partial charge on any atom is -0.352 e. The molecule has 0 radical (unpaired) electrons. The number of aromatic nitrogens is 2. The van der Waals surface area contributed by atoms with Crippen LogP contribution >= 0.6 is 27.7 Å². The molecular weight excluding hydrogens is 530 g/mol. The number of nitrogens with zero attached hydrogens (tertiary/aromatic N) is 2. The maximum Gasteiger partial charge on any atom is 0.251 e. The number of nitrogens with one attached hydrogen (secondary N) is 1. The highest BCUT2D eigenvalue weighted by atomic mass is 79.9. The molecule has 0 saturated carbocycles. The molecule has 0 aliphatic carbocycles. The molecule has 1 amide bonds. The SMILES string of the molecule is CCn1c(SCCCCNC(=O)c2ccc(Br)cc2)nc(-c2ccc(C)cc2)c1-c1ccc(C)cc1. The van der Waals surface area contributed by atoms with E-state index in [0.717, 1.165) is 46.0 Å². The van der Waals surface area contributed by atoms with Crippen molar-refractivity contribution >= 4 is 33.6 Å². The Bertz CT molecular complexity index is 1300. The summed E-state index contributed by atoms with van der Waals surface area (Å²) in [6.07, 6.45) is 1.93. The van der Waals surface area contributed by atoms with Crippen LogP contribution in [0.5, 0.6) is 0 Å². The molecule has 0 spiro atoms. The van der Waals surface area contributed by atoms with Gasteiger partial charge in [0.05, 0.1) is 11.4 Å². The summed E-state index contributed by atoms with van der Waals surface area (Å²) in [5.41, 5.74) is 7.71. The molecule has 4 aromatic rings. The van der Waals surface area contributed by atoms with Gasteiger partial charge in [0.1, 0.15) is 0 Å². The molecular formula is C30H32BrN3OS. The number of hydrogen-bond donors (Lipinski definition) is 1. The maximum atomic E-state index is 12.3. The van der Waals surface area contributed by atoms with E-state index in [4.69, 9.17) is 4.98 Å². The summed E-state index contributed by atoms with van der Waals surface area (Å²) in [6, 6.07) is 24.8. The van der Waals surface area contributed by atoms with Crippen molar-refractivity contribution in [2.75, 3.05) is 12.3 Å². The molecule has 186 valence electrons. The Labute approximate surface area is 226 Å². The van der Waals surface area contributed by atoms with Gasteiger partial charge in [-0.15, -0.1) is 0 Å². The zero-order valence-corrected chi connectivity index (χ0v) is 23.5. The van der Waals surface area contributed by atoms with Crippen molar-refractivity contribution < 1.29 is 4.79 Å². The molecule has 4 nitrogen and oxygen atoms in total. The quantitative estimate of drug-likeness (QED) is 0.158. The molecule has 0 aliphatic rings. The molecule has 0 unspecified atom stereocenters. The van der Waals surface area contributed by atoms with Gasteiger partial charge in [0.15, 0.2) is 5.16 Å². The molecule has 0 aliphatic heterocycles. The van der Waals surface area contributed by atoms with Crippen molar-refractivity contribution in [3.05, 3.63) is 94.0 Å². The number of thioether (sulfide) groups is 1. The average molecular weight is 563 g/mol. The van der Waals surface area contributed by atoms with Crippen LogP contribution in [0.4, 0.5) is 0 Å². The molecule has 36 heavy (non-hydrogen) atoms. The Morgan fingerprint density at radius 2 is 1.50 bits per heavy atom. The van der Waals surface area contributed by atoms with Gasteiger partial charge in [-0.25, -0.2) is 4.98 Å². The van der Waals surface area contributed by atoms with E-state index in [1.54, 1.807) is 11.8 Å². The molecule has 1 aromatic heterocycles. The van der Waals surface area contributed by atoms with E-state index < -0.39 is 0 Å². The highest BCUT2D eigenvalue weighted by molar-refractivity contribution is 9.10. The van der Waals surface area contributed by atoms with E-state index in [0.29, 0.717) is 12.1 Å². The molecule has 0 saturated heterocycles. The topological polar surface area (TPSA) is 46.9 Å². The monoisotopic (exact) mass is 561 g/mol. The maximum absolute atomic E-state index is 12.3. The number of aryl methyl sites for hydroxylation is 2. The van der Waals surface area contributed by atoms with E-state index in [9.17, 15) is 4.79 Å². The summed E-state index contributed by atoms with van der Waals surface area (Å²) >= 11 is 5.20. The van der Waals surface area contributed by atoms with E-state index >= 15 is 0 Å². The van der Waals surface area contributed by atoms with Crippen molar-refractivity contribution in [3.63, 3.8) is 0 Å². The van der Waals surface area contributed by atoms with E-state index in [2.05, 4.69) is 95.1 Å². The fraction of sp³-hybridized carbons (Fsp3) is 0.267. The lowest BCUT2D eigenvalue weighted by molar-refractivity contribution is 0.0953. The summed E-state index contributed by atoms with van der Waals surface area (Å²) in [4.78, 5) is 17.4. The number of hydrogen-bond acceptors (Lipinski definition) is 3. The minimum atomic E-state index is -0.0258. The molecule has 3 aromatic carbocycles. The van der Waals surface area contributed by atoms with Crippen LogP contribution in [-0.2, 0) is 6.54 Å². The van der Waals surface area contributed by atoms with Crippen molar-refractivity contribution in [1.82, 2.24) is 14.9 Å².